The molecule has 0 aliphatic heterocycles. The Bertz CT molecular complexity index is 766. The van der Waals surface area contributed by atoms with Crippen LogP contribution in [0.25, 0.3) is 0 Å². The first kappa shape index (κ1) is 16.3. The predicted octanol–water partition coefficient (Wildman–Crippen LogP) is 2.70. The molecule has 1 aliphatic carbocycles. The van der Waals surface area contributed by atoms with Gasteiger partial charge in [0, 0.05) is 17.7 Å². The van der Waals surface area contributed by atoms with Gasteiger partial charge in [0.25, 0.3) is 5.91 Å². The molecule has 2 aromatic rings. The van der Waals surface area contributed by atoms with Crippen LogP contribution >= 0.6 is 0 Å². The molecule has 0 spiro atoms. The number of hydrogen-bond donors (Lipinski definition) is 2. The molecule has 4 nitrogen and oxygen atoms in total. The second-order valence-corrected chi connectivity index (χ2v) is 6.14. The van der Waals surface area contributed by atoms with E-state index in [1.807, 2.05) is 0 Å². The highest BCUT2D eigenvalue weighted by Gasteiger charge is 2.34. The molecule has 0 radical (unpaired) electrons. The average molecular weight is 327 g/mol. The van der Waals surface area contributed by atoms with Gasteiger partial charge in [0.15, 0.2) is 5.78 Å². The number of nitrogens with one attached hydrogen (secondary N) is 1. The van der Waals surface area contributed by atoms with Crippen molar-refractivity contribution in [2.24, 2.45) is 0 Å². The van der Waals surface area contributed by atoms with Gasteiger partial charge in [-0.2, -0.15) is 0 Å². The Labute approximate surface area is 139 Å². The number of carbonyl (C=O) groups excluding carboxylic acids is 2. The molecule has 1 amide bonds. The minimum atomic E-state index is -0.828. The number of benzene rings is 2. The summed E-state index contributed by atoms with van der Waals surface area (Å²) < 4.78 is 13.0. The zero-order valence-corrected chi connectivity index (χ0v) is 13.1. The topological polar surface area (TPSA) is 66.4 Å². The first-order valence-electron chi connectivity index (χ1n) is 7.88. The van der Waals surface area contributed by atoms with Crippen LogP contribution in [0, 0.1) is 5.82 Å². The standard InChI is InChI=1S/C19H18FNO3/c20-14-8-6-13(7-9-14)17(22)15-4-1-2-5-16(15)18(23)21-12-19(24)10-3-11-19/h1-2,4-9,24H,3,10-12H2,(H,21,23). The van der Waals surface area contributed by atoms with Crippen LogP contribution in [-0.4, -0.2) is 28.9 Å². The SMILES string of the molecule is O=C(NCC1(O)CCC1)c1ccccc1C(=O)c1ccc(F)cc1. The van der Waals surface area contributed by atoms with Gasteiger partial charge in [-0.3, -0.25) is 9.59 Å². The highest BCUT2D eigenvalue weighted by Crippen LogP contribution is 2.30. The summed E-state index contributed by atoms with van der Waals surface area (Å²) in [5.74, 6) is -1.17. The van der Waals surface area contributed by atoms with E-state index in [2.05, 4.69) is 5.32 Å². The molecule has 2 N–H and O–H groups in total. The molecule has 24 heavy (non-hydrogen) atoms. The fourth-order valence-corrected chi connectivity index (χ4v) is 2.74. The van der Waals surface area contributed by atoms with Crippen LogP contribution in [0.2, 0.25) is 0 Å². The van der Waals surface area contributed by atoms with Crippen molar-refractivity contribution < 1.29 is 19.1 Å². The van der Waals surface area contributed by atoms with Crippen LogP contribution in [0.5, 0.6) is 0 Å². The number of amides is 1. The van der Waals surface area contributed by atoms with Gasteiger partial charge < -0.3 is 10.4 Å². The van der Waals surface area contributed by atoms with Gasteiger partial charge in [0.1, 0.15) is 5.82 Å². The van der Waals surface area contributed by atoms with Crippen LogP contribution in [0.15, 0.2) is 48.5 Å². The van der Waals surface area contributed by atoms with Crippen LogP contribution in [0.3, 0.4) is 0 Å². The summed E-state index contributed by atoms with van der Waals surface area (Å²) in [5, 5.41) is 12.8. The van der Waals surface area contributed by atoms with Crippen molar-refractivity contribution in [2.75, 3.05) is 6.54 Å². The summed E-state index contributed by atoms with van der Waals surface area (Å²) in [6, 6.07) is 11.7. The molecule has 1 fully saturated rings. The number of rotatable bonds is 5. The summed E-state index contributed by atoms with van der Waals surface area (Å²) in [7, 11) is 0. The summed E-state index contributed by atoms with van der Waals surface area (Å²) in [4.78, 5) is 25.0. The molecular weight excluding hydrogens is 309 g/mol. The molecule has 0 atom stereocenters. The molecule has 3 rings (SSSR count). The van der Waals surface area contributed by atoms with Crippen molar-refractivity contribution in [1.82, 2.24) is 5.32 Å². The molecule has 0 bridgehead atoms. The summed E-state index contributed by atoms with van der Waals surface area (Å²) in [6.07, 6.45) is 2.29. The predicted molar refractivity (Wildman–Crippen MR) is 87.4 cm³/mol. The van der Waals surface area contributed by atoms with Crippen molar-refractivity contribution >= 4 is 11.7 Å². The fourth-order valence-electron chi connectivity index (χ4n) is 2.74. The van der Waals surface area contributed by atoms with Gasteiger partial charge in [-0.15, -0.1) is 0 Å². The van der Waals surface area contributed by atoms with E-state index in [-0.39, 0.29) is 23.5 Å². The third-order valence-electron chi connectivity index (χ3n) is 4.38. The minimum Gasteiger partial charge on any atom is -0.388 e. The van der Waals surface area contributed by atoms with Crippen molar-refractivity contribution in [3.8, 4) is 0 Å². The van der Waals surface area contributed by atoms with Crippen molar-refractivity contribution in [2.45, 2.75) is 24.9 Å². The van der Waals surface area contributed by atoms with Crippen molar-refractivity contribution in [3.05, 3.63) is 71.0 Å². The fraction of sp³-hybridized carbons (Fsp3) is 0.263. The molecule has 124 valence electrons. The Kier molecular flexibility index (Phi) is 4.44. The molecule has 0 unspecified atom stereocenters. The Hall–Kier alpha value is -2.53. The van der Waals surface area contributed by atoms with E-state index in [1.54, 1.807) is 24.3 Å². The Morgan fingerprint density at radius 1 is 1.04 bits per heavy atom. The maximum Gasteiger partial charge on any atom is 0.252 e. The summed E-state index contributed by atoms with van der Waals surface area (Å²) in [5.41, 5.74) is -0.0165. The monoisotopic (exact) mass is 327 g/mol. The van der Waals surface area contributed by atoms with Gasteiger partial charge in [-0.1, -0.05) is 18.2 Å². The quantitative estimate of drug-likeness (QED) is 0.830. The van der Waals surface area contributed by atoms with Crippen LogP contribution in [-0.2, 0) is 0 Å². The number of hydrogen-bond acceptors (Lipinski definition) is 3. The van der Waals surface area contributed by atoms with E-state index >= 15 is 0 Å². The number of ketones is 1. The zero-order chi connectivity index (χ0) is 17.2. The molecule has 0 saturated heterocycles. The number of aliphatic hydroxyl groups is 1. The molecule has 0 aromatic heterocycles. The largest absolute Gasteiger partial charge is 0.388 e. The van der Waals surface area contributed by atoms with Crippen LogP contribution < -0.4 is 5.32 Å². The highest BCUT2D eigenvalue weighted by atomic mass is 19.1. The zero-order valence-electron chi connectivity index (χ0n) is 13.1. The Morgan fingerprint density at radius 2 is 1.67 bits per heavy atom. The van der Waals surface area contributed by atoms with E-state index in [0.717, 1.165) is 6.42 Å². The average Bonchev–Trinajstić information content (AvgIpc) is 2.58. The first-order valence-corrected chi connectivity index (χ1v) is 7.88. The van der Waals surface area contributed by atoms with E-state index in [1.165, 1.54) is 24.3 Å². The van der Waals surface area contributed by atoms with Gasteiger partial charge in [0.2, 0.25) is 0 Å². The van der Waals surface area contributed by atoms with E-state index in [0.29, 0.717) is 18.4 Å². The Balaban J connectivity index is 1.80. The number of carbonyl (C=O) groups is 2. The lowest BCUT2D eigenvalue weighted by molar-refractivity contribution is -0.0300. The second kappa shape index (κ2) is 6.53. The maximum atomic E-state index is 13.0. The number of halogens is 1. The summed E-state index contributed by atoms with van der Waals surface area (Å²) in [6.45, 7) is 0.172. The van der Waals surface area contributed by atoms with Crippen molar-refractivity contribution in [3.63, 3.8) is 0 Å². The van der Waals surface area contributed by atoms with Gasteiger partial charge in [-0.25, -0.2) is 4.39 Å². The second-order valence-electron chi connectivity index (χ2n) is 6.14. The van der Waals surface area contributed by atoms with E-state index < -0.39 is 17.3 Å². The molecule has 1 aliphatic rings. The van der Waals surface area contributed by atoms with Crippen molar-refractivity contribution in [1.29, 1.82) is 0 Å². The van der Waals surface area contributed by atoms with E-state index in [4.69, 9.17) is 0 Å². The molecule has 5 heteroatoms. The lowest BCUT2D eigenvalue weighted by Crippen LogP contribution is -2.47. The Morgan fingerprint density at radius 3 is 2.25 bits per heavy atom. The normalized spacial score (nSPS) is 15.4. The molecule has 1 saturated carbocycles. The molecule has 2 aromatic carbocycles. The third-order valence-corrected chi connectivity index (χ3v) is 4.38. The highest BCUT2D eigenvalue weighted by molar-refractivity contribution is 6.15. The van der Waals surface area contributed by atoms with Crippen LogP contribution in [0.1, 0.15) is 45.5 Å². The molecular formula is C19H18FNO3. The lowest BCUT2D eigenvalue weighted by Gasteiger charge is -2.36. The maximum absolute atomic E-state index is 13.0. The van der Waals surface area contributed by atoms with Gasteiger partial charge in [-0.05, 0) is 49.6 Å². The van der Waals surface area contributed by atoms with Gasteiger partial charge >= 0.3 is 0 Å². The van der Waals surface area contributed by atoms with Crippen LogP contribution in [0.4, 0.5) is 4.39 Å². The first-order chi connectivity index (χ1) is 11.5. The third kappa shape index (κ3) is 3.36. The van der Waals surface area contributed by atoms with E-state index in [9.17, 15) is 19.1 Å². The van der Waals surface area contributed by atoms with Gasteiger partial charge in [0.05, 0.1) is 11.2 Å². The smallest absolute Gasteiger partial charge is 0.252 e. The lowest BCUT2D eigenvalue weighted by atomic mass is 9.80. The molecule has 0 heterocycles. The summed E-state index contributed by atoms with van der Waals surface area (Å²) >= 11 is 0. The minimum absolute atomic E-state index is 0.172.